The summed E-state index contributed by atoms with van der Waals surface area (Å²) in [5.41, 5.74) is 1.00. The number of nitriles is 1. The number of halogens is 1. The second-order valence-corrected chi connectivity index (χ2v) is 15.1. The Morgan fingerprint density at radius 3 is 2.31 bits per heavy atom. The van der Waals surface area contributed by atoms with Gasteiger partial charge in [0, 0.05) is 34.9 Å². The minimum absolute atomic E-state index is 0.0210. The van der Waals surface area contributed by atoms with Crippen LogP contribution < -0.4 is 10.2 Å². The number of benzene rings is 2. The summed E-state index contributed by atoms with van der Waals surface area (Å²) in [6.45, 7) is 2.43. The Morgan fingerprint density at radius 2 is 1.71 bits per heavy atom. The van der Waals surface area contributed by atoms with Crippen LogP contribution in [0.15, 0.2) is 53.1 Å². The summed E-state index contributed by atoms with van der Waals surface area (Å²) in [5, 5.41) is 27.8. The topological polar surface area (TPSA) is 115 Å². The number of hydrogen-bond acceptors (Lipinski definition) is 7. The van der Waals surface area contributed by atoms with Gasteiger partial charge in [-0.3, -0.25) is 4.79 Å². The molecule has 0 atom stereocenters. The molecule has 234 valence electrons. The fourth-order valence-corrected chi connectivity index (χ4v) is 8.19. The summed E-state index contributed by atoms with van der Waals surface area (Å²) < 4.78 is 20.0. The van der Waals surface area contributed by atoms with E-state index in [1.54, 1.807) is 6.92 Å². The molecule has 8 nitrogen and oxygen atoms in total. The number of anilines is 3. The van der Waals surface area contributed by atoms with Crippen molar-refractivity contribution in [1.29, 1.82) is 5.26 Å². The van der Waals surface area contributed by atoms with Gasteiger partial charge in [-0.05, 0) is 125 Å². The zero-order valence-corrected chi connectivity index (χ0v) is 25.8. The number of fused-ring (bicyclic) bond motifs is 3. The van der Waals surface area contributed by atoms with E-state index in [4.69, 9.17) is 4.52 Å². The van der Waals surface area contributed by atoms with Gasteiger partial charge in [0.2, 0.25) is 5.91 Å². The Kier molecular flexibility index (Phi) is 6.29. The second-order valence-electron chi connectivity index (χ2n) is 15.1. The molecule has 2 bridgehead atoms. The van der Waals surface area contributed by atoms with Gasteiger partial charge in [-0.2, -0.15) is 10.2 Å². The summed E-state index contributed by atoms with van der Waals surface area (Å²) in [4.78, 5) is 20.6. The first-order chi connectivity index (χ1) is 21.5. The van der Waals surface area contributed by atoms with Gasteiger partial charge in [-0.15, -0.1) is 0 Å². The molecule has 6 saturated carbocycles. The van der Waals surface area contributed by atoms with Crippen molar-refractivity contribution in [1.82, 2.24) is 10.1 Å². The lowest BCUT2D eigenvalue weighted by molar-refractivity contribution is -0.137. The van der Waals surface area contributed by atoms with Gasteiger partial charge in [-0.1, -0.05) is 23.4 Å². The van der Waals surface area contributed by atoms with Crippen molar-refractivity contribution in [2.45, 2.75) is 106 Å². The first-order valence-electron chi connectivity index (χ1n) is 16.5. The molecule has 0 radical (unpaired) electrons. The van der Waals surface area contributed by atoms with Crippen LogP contribution in [0.4, 0.5) is 21.5 Å². The Balaban J connectivity index is 1.01. The molecule has 1 heterocycles. The Hall–Kier alpha value is -3.77. The number of nitrogens with zero attached hydrogens (tertiary/aromatic N) is 4. The first-order valence-corrected chi connectivity index (χ1v) is 16.5. The molecule has 0 spiro atoms. The highest BCUT2D eigenvalue weighted by Gasteiger charge is 2.55. The molecule has 1 amide bonds. The van der Waals surface area contributed by atoms with Gasteiger partial charge in [0.05, 0.1) is 17.1 Å². The lowest BCUT2D eigenvalue weighted by atomic mass is 9.53. The van der Waals surface area contributed by atoms with Crippen LogP contribution in [0.25, 0.3) is 0 Å². The fraction of sp³-hybridized carbons (Fsp3) is 0.556. The number of hydrogen-bond donors (Lipinski definition) is 2. The molecule has 6 aliphatic carbocycles. The van der Waals surface area contributed by atoms with E-state index in [0.717, 1.165) is 74.0 Å². The average molecular weight is 610 g/mol. The molecular weight excluding hydrogens is 569 g/mol. The predicted molar refractivity (Wildman–Crippen MR) is 167 cm³/mol. The van der Waals surface area contributed by atoms with Gasteiger partial charge in [0.15, 0.2) is 11.5 Å². The van der Waals surface area contributed by atoms with E-state index in [-0.39, 0.29) is 34.0 Å². The molecule has 6 fully saturated rings. The van der Waals surface area contributed by atoms with Crippen molar-refractivity contribution in [2.24, 2.45) is 11.3 Å². The third-order valence-electron chi connectivity index (χ3n) is 11.7. The average Bonchev–Trinajstić information content (AvgIpc) is 3.95. The highest BCUT2D eigenvalue weighted by molar-refractivity contribution is 5.96. The van der Waals surface area contributed by atoms with Gasteiger partial charge in [0.25, 0.3) is 5.89 Å². The maximum Gasteiger partial charge on any atom is 0.264 e. The second kappa shape index (κ2) is 9.86. The van der Waals surface area contributed by atoms with E-state index in [1.165, 1.54) is 0 Å². The summed E-state index contributed by atoms with van der Waals surface area (Å²) in [5.74, 6) is 0.674. The van der Waals surface area contributed by atoms with E-state index in [9.17, 15) is 19.6 Å². The van der Waals surface area contributed by atoms with Crippen LogP contribution in [0.1, 0.15) is 101 Å². The third-order valence-corrected chi connectivity index (χ3v) is 11.7. The van der Waals surface area contributed by atoms with Gasteiger partial charge in [-0.25, -0.2) is 4.39 Å². The Morgan fingerprint density at radius 1 is 1.02 bits per heavy atom. The molecule has 2 aromatic carbocycles. The summed E-state index contributed by atoms with van der Waals surface area (Å²) in [6, 6.07) is 18.6. The number of alkyl halides is 1. The SMILES string of the molecule is CC1(O)CC(C(=O)N(CC23CCC(c4noc(C5(F)CC5)n4)(CC2)CC3)c2cccc(Nc3ccc(C4(C#N)CC4)cc3)c2)C1. The molecule has 45 heavy (non-hydrogen) atoms. The monoisotopic (exact) mass is 609 g/mol. The summed E-state index contributed by atoms with van der Waals surface area (Å²) in [6.07, 6.45) is 9.22. The molecule has 0 unspecified atom stereocenters. The third kappa shape index (κ3) is 5.02. The van der Waals surface area contributed by atoms with Crippen molar-refractivity contribution in [3.05, 3.63) is 65.8 Å². The Labute approximate surface area is 263 Å². The van der Waals surface area contributed by atoms with Gasteiger partial charge >= 0.3 is 0 Å². The minimum atomic E-state index is -1.42. The molecular formula is C36H40FN5O3. The van der Waals surface area contributed by atoms with E-state index in [1.807, 2.05) is 53.4 Å². The fourth-order valence-electron chi connectivity index (χ4n) is 8.19. The van der Waals surface area contributed by atoms with Crippen LogP contribution in [-0.2, 0) is 21.3 Å². The van der Waals surface area contributed by atoms with Gasteiger partial charge < -0.3 is 19.8 Å². The standard InChI is InChI=1S/C36H40FN5O3/c1-32(44)20-24(21-32)29(43)42(28-4-2-3-27(19-28)39-26-7-5-25(6-8-26)35(22-38)15-16-35)23-33-9-12-34(13-10-33,14-11-33)30-40-31(45-41-30)36(37)17-18-36/h2-8,19,24,39,44H,9-18,20-21,23H2,1H3. The van der Waals surface area contributed by atoms with Crippen molar-refractivity contribution >= 4 is 23.0 Å². The lowest BCUT2D eigenvalue weighted by Crippen LogP contribution is -2.54. The predicted octanol–water partition coefficient (Wildman–Crippen LogP) is 7.11. The molecule has 6 aliphatic rings. The molecule has 3 aromatic rings. The lowest BCUT2D eigenvalue weighted by Gasteiger charge is -2.54. The van der Waals surface area contributed by atoms with Gasteiger partial charge in [0.1, 0.15) is 0 Å². The highest BCUT2D eigenvalue weighted by Crippen LogP contribution is 2.58. The van der Waals surface area contributed by atoms with Crippen LogP contribution in [-0.4, -0.2) is 33.3 Å². The van der Waals surface area contributed by atoms with E-state index >= 15 is 0 Å². The van der Waals surface area contributed by atoms with E-state index in [0.29, 0.717) is 38.1 Å². The molecule has 9 heteroatoms. The van der Waals surface area contributed by atoms with Crippen molar-refractivity contribution in [3.8, 4) is 6.07 Å². The quantitative estimate of drug-likeness (QED) is 0.266. The molecule has 0 aliphatic heterocycles. The largest absolute Gasteiger partial charge is 0.390 e. The highest BCUT2D eigenvalue weighted by atomic mass is 19.1. The first kappa shape index (κ1) is 28.7. The van der Waals surface area contributed by atoms with E-state index in [2.05, 4.69) is 21.5 Å². The molecule has 9 rings (SSSR count). The maximum atomic E-state index is 14.6. The normalized spacial score (nSPS) is 31.8. The number of rotatable bonds is 9. The van der Waals surface area contributed by atoms with Crippen molar-refractivity contribution in [2.75, 3.05) is 16.8 Å². The maximum absolute atomic E-state index is 14.6. The summed E-state index contributed by atoms with van der Waals surface area (Å²) >= 11 is 0. The zero-order valence-electron chi connectivity index (χ0n) is 25.8. The number of carbonyl (C=O) groups excluding carboxylic acids is 1. The number of carbonyl (C=O) groups is 1. The molecule has 1 aromatic heterocycles. The van der Waals surface area contributed by atoms with Crippen LogP contribution in [0.2, 0.25) is 0 Å². The van der Waals surface area contributed by atoms with Crippen LogP contribution in [0, 0.1) is 22.7 Å². The minimum Gasteiger partial charge on any atom is -0.390 e. The van der Waals surface area contributed by atoms with E-state index < -0.39 is 11.3 Å². The molecule has 0 saturated heterocycles. The van der Waals surface area contributed by atoms with Crippen molar-refractivity contribution in [3.63, 3.8) is 0 Å². The smallest absolute Gasteiger partial charge is 0.264 e. The summed E-state index contributed by atoms with van der Waals surface area (Å²) in [7, 11) is 0. The Bertz CT molecular complexity index is 1650. The zero-order chi connectivity index (χ0) is 31.1. The number of aliphatic hydroxyl groups is 1. The van der Waals surface area contributed by atoms with Crippen LogP contribution >= 0.6 is 0 Å². The van der Waals surface area contributed by atoms with Crippen LogP contribution in [0.3, 0.4) is 0 Å². The van der Waals surface area contributed by atoms with Crippen molar-refractivity contribution < 1.29 is 18.8 Å². The number of amides is 1. The molecule has 2 N–H and O–H groups in total. The number of nitrogens with one attached hydrogen (secondary N) is 1. The van der Waals surface area contributed by atoms with Crippen LogP contribution in [0.5, 0.6) is 0 Å². The number of aromatic nitrogens is 2.